The Morgan fingerprint density at radius 3 is 3.00 bits per heavy atom. The van der Waals surface area contributed by atoms with E-state index in [2.05, 4.69) is 15.4 Å². The molecule has 0 unspecified atom stereocenters. The molecule has 76 valence electrons. The lowest BCUT2D eigenvalue weighted by molar-refractivity contribution is 0.348. The number of nitrogens with zero attached hydrogens (tertiary/aromatic N) is 2. The highest BCUT2D eigenvalue weighted by Gasteiger charge is 2.00. The third kappa shape index (κ3) is 2.91. The Bertz CT molecular complexity index is 326. The molecule has 0 saturated carbocycles. The molecule has 0 fully saturated rings. The molecule has 0 aliphatic heterocycles. The molecule has 0 atom stereocenters. The highest BCUT2D eigenvalue weighted by molar-refractivity contribution is 5.41. The smallest absolute Gasteiger partial charge is 0.225 e. The summed E-state index contributed by atoms with van der Waals surface area (Å²) in [6.07, 6.45) is 3.74. The van der Waals surface area contributed by atoms with Gasteiger partial charge in [-0.05, 0) is 6.92 Å². The SMILES string of the molecule is C/C=C/COc1cc(NN)nc(N)n1. The number of rotatable bonds is 4. The van der Waals surface area contributed by atoms with Gasteiger partial charge in [-0.1, -0.05) is 12.2 Å². The van der Waals surface area contributed by atoms with Gasteiger partial charge in [-0.15, -0.1) is 0 Å². The van der Waals surface area contributed by atoms with Crippen molar-refractivity contribution in [3.8, 4) is 5.88 Å². The van der Waals surface area contributed by atoms with Crippen LogP contribution in [0.25, 0.3) is 0 Å². The van der Waals surface area contributed by atoms with E-state index in [-0.39, 0.29) is 5.95 Å². The summed E-state index contributed by atoms with van der Waals surface area (Å²) in [4.78, 5) is 7.68. The van der Waals surface area contributed by atoms with E-state index in [9.17, 15) is 0 Å². The average molecular weight is 195 g/mol. The second-order valence-corrected chi connectivity index (χ2v) is 2.47. The number of anilines is 2. The van der Waals surface area contributed by atoms with Crippen molar-refractivity contribution in [3.63, 3.8) is 0 Å². The standard InChI is InChI=1S/C8H13N5O/c1-2-3-4-14-7-5-6(13-10)11-8(9)12-7/h2-3,5H,4,10H2,1H3,(H3,9,11,12,13)/b3-2+. The number of hydrazine groups is 1. The van der Waals surface area contributed by atoms with Gasteiger partial charge in [0.15, 0.2) is 0 Å². The van der Waals surface area contributed by atoms with E-state index >= 15 is 0 Å². The molecule has 1 rings (SSSR count). The fourth-order valence-corrected chi connectivity index (χ4v) is 0.820. The molecule has 14 heavy (non-hydrogen) atoms. The highest BCUT2D eigenvalue weighted by Crippen LogP contribution is 2.13. The van der Waals surface area contributed by atoms with Gasteiger partial charge in [0.1, 0.15) is 12.4 Å². The van der Waals surface area contributed by atoms with Crippen LogP contribution in [0.5, 0.6) is 5.88 Å². The van der Waals surface area contributed by atoms with E-state index in [1.54, 1.807) is 6.07 Å². The van der Waals surface area contributed by atoms with Crippen LogP contribution < -0.4 is 21.7 Å². The summed E-state index contributed by atoms with van der Waals surface area (Å²) >= 11 is 0. The maximum absolute atomic E-state index is 5.42. The first-order valence-electron chi connectivity index (χ1n) is 4.11. The van der Waals surface area contributed by atoms with Gasteiger partial charge >= 0.3 is 0 Å². The fraction of sp³-hybridized carbons (Fsp3) is 0.250. The molecule has 6 heteroatoms. The molecule has 0 aliphatic rings. The number of hydrogen-bond acceptors (Lipinski definition) is 6. The minimum Gasteiger partial charge on any atom is -0.473 e. The summed E-state index contributed by atoms with van der Waals surface area (Å²) in [7, 11) is 0. The lowest BCUT2D eigenvalue weighted by Gasteiger charge is -2.05. The van der Waals surface area contributed by atoms with Crippen molar-refractivity contribution in [2.24, 2.45) is 5.84 Å². The van der Waals surface area contributed by atoms with E-state index in [1.807, 2.05) is 19.1 Å². The van der Waals surface area contributed by atoms with Gasteiger partial charge in [0, 0.05) is 6.07 Å². The van der Waals surface area contributed by atoms with Crippen LogP contribution in [0.15, 0.2) is 18.2 Å². The Morgan fingerprint density at radius 1 is 1.57 bits per heavy atom. The average Bonchev–Trinajstić information content (AvgIpc) is 2.17. The zero-order valence-electron chi connectivity index (χ0n) is 7.90. The van der Waals surface area contributed by atoms with Crippen LogP contribution in [0.1, 0.15) is 6.92 Å². The molecule has 1 aromatic rings. The van der Waals surface area contributed by atoms with Crippen LogP contribution in [-0.4, -0.2) is 16.6 Å². The Hall–Kier alpha value is -1.82. The van der Waals surface area contributed by atoms with Gasteiger partial charge in [0.2, 0.25) is 11.8 Å². The topological polar surface area (TPSA) is 99.1 Å². The van der Waals surface area contributed by atoms with Gasteiger partial charge in [-0.25, -0.2) is 5.84 Å². The number of allylic oxidation sites excluding steroid dienone is 1. The van der Waals surface area contributed by atoms with Crippen molar-refractivity contribution in [1.29, 1.82) is 0 Å². The van der Waals surface area contributed by atoms with Crippen LogP contribution in [-0.2, 0) is 0 Å². The number of ether oxygens (including phenoxy) is 1. The number of aromatic nitrogens is 2. The maximum atomic E-state index is 5.42. The maximum Gasteiger partial charge on any atom is 0.225 e. The van der Waals surface area contributed by atoms with Crippen molar-refractivity contribution in [2.75, 3.05) is 17.8 Å². The third-order valence-corrected chi connectivity index (χ3v) is 1.43. The van der Waals surface area contributed by atoms with Crippen LogP contribution in [0, 0.1) is 0 Å². The summed E-state index contributed by atoms with van der Waals surface area (Å²) in [6.45, 7) is 2.35. The lowest BCUT2D eigenvalue weighted by Crippen LogP contribution is -2.11. The van der Waals surface area contributed by atoms with Crippen molar-refractivity contribution >= 4 is 11.8 Å². The van der Waals surface area contributed by atoms with Crippen LogP contribution >= 0.6 is 0 Å². The molecular formula is C8H13N5O. The molecule has 1 heterocycles. The molecule has 0 aliphatic carbocycles. The predicted molar refractivity (Wildman–Crippen MR) is 54.6 cm³/mol. The van der Waals surface area contributed by atoms with Crippen molar-refractivity contribution in [1.82, 2.24) is 9.97 Å². The Morgan fingerprint density at radius 2 is 2.36 bits per heavy atom. The molecule has 5 N–H and O–H groups in total. The molecule has 6 nitrogen and oxygen atoms in total. The van der Waals surface area contributed by atoms with E-state index < -0.39 is 0 Å². The minimum atomic E-state index is 0.121. The van der Waals surface area contributed by atoms with E-state index in [0.29, 0.717) is 18.3 Å². The number of nitrogen functional groups attached to an aromatic ring is 2. The Labute approximate surface area is 82.0 Å². The number of hydrogen-bond donors (Lipinski definition) is 3. The quantitative estimate of drug-likeness (QED) is 0.363. The summed E-state index contributed by atoms with van der Waals surface area (Å²) < 4.78 is 5.26. The van der Waals surface area contributed by atoms with Gasteiger partial charge in [0.25, 0.3) is 0 Å². The molecule has 0 saturated heterocycles. The van der Waals surface area contributed by atoms with Crippen molar-refractivity contribution in [3.05, 3.63) is 18.2 Å². The molecule has 0 bridgehead atoms. The van der Waals surface area contributed by atoms with E-state index in [0.717, 1.165) is 0 Å². The van der Waals surface area contributed by atoms with Gasteiger partial charge in [-0.3, -0.25) is 0 Å². The number of nitrogens with two attached hydrogens (primary N) is 2. The first-order valence-corrected chi connectivity index (χ1v) is 4.11. The molecule has 0 spiro atoms. The van der Waals surface area contributed by atoms with Crippen LogP contribution in [0.2, 0.25) is 0 Å². The molecule has 1 aromatic heterocycles. The monoisotopic (exact) mass is 195 g/mol. The largest absolute Gasteiger partial charge is 0.473 e. The van der Waals surface area contributed by atoms with Gasteiger partial charge in [0.05, 0.1) is 0 Å². The van der Waals surface area contributed by atoms with Gasteiger partial charge in [-0.2, -0.15) is 9.97 Å². The Balaban J connectivity index is 2.71. The second kappa shape index (κ2) is 5.03. The molecular weight excluding hydrogens is 182 g/mol. The van der Waals surface area contributed by atoms with Gasteiger partial charge < -0.3 is 15.9 Å². The van der Waals surface area contributed by atoms with Crippen molar-refractivity contribution < 1.29 is 4.74 Å². The lowest BCUT2D eigenvalue weighted by atomic mass is 10.5. The van der Waals surface area contributed by atoms with Crippen LogP contribution in [0.4, 0.5) is 11.8 Å². The molecule has 0 aromatic carbocycles. The number of nitrogens with one attached hydrogen (secondary N) is 1. The van der Waals surface area contributed by atoms with E-state index in [4.69, 9.17) is 16.3 Å². The summed E-state index contributed by atoms with van der Waals surface area (Å²) in [5.74, 6) is 6.11. The summed E-state index contributed by atoms with van der Waals surface area (Å²) in [5.41, 5.74) is 7.79. The van der Waals surface area contributed by atoms with Crippen molar-refractivity contribution in [2.45, 2.75) is 6.92 Å². The summed E-state index contributed by atoms with van der Waals surface area (Å²) in [5, 5.41) is 0. The molecule has 0 radical (unpaired) electrons. The fourth-order valence-electron chi connectivity index (χ4n) is 0.820. The second-order valence-electron chi connectivity index (χ2n) is 2.47. The van der Waals surface area contributed by atoms with E-state index in [1.165, 1.54) is 0 Å². The third-order valence-electron chi connectivity index (χ3n) is 1.43. The highest BCUT2D eigenvalue weighted by atomic mass is 16.5. The first-order chi connectivity index (χ1) is 6.76. The Kier molecular flexibility index (Phi) is 3.69. The first kappa shape index (κ1) is 10.3. The zero-order chi connectivity index (χ0) is 10.4. The predicted octanol–water partition coefficient (Wildman–Crippen LogP) is 0.299. The zero-order valence-corrected chi connectivity index (χ0v) is 7.90. The summed E-state index contributed by atoms with van der Waals surface area (Å²) in [6, 6.07) is 1.57. The minimum absolute atomic E-state index is 0.121. The normalized spacial score (nSPS) is 10.4. The molecule has 0 amide bonds. The van der Waals surface area contributed by atoms with Crippen LogP contribution in [0.3, 0.4) is 0 Å².